The number of halogens is 2. The molecule has 0 saturated carbocycles. The zero-order chi connectivity index (χ0) is 29.0. The van der Waals surface area contributed by atoms with Gasteiger partial charge in [0.25, 0.3) is 0 Å². The van der Waals surface area contributed by atoms with E-state index in [1.165, 1.54) is 38.1 Å². The maximum Gasteiger partial charge on any atom is 0.306 e. The van der Waals surface area contributed by atoms with Gasteiger partial charge in [0.15, 0.2) is 5.75 Å². The van der Waals surface area contributed by atoms with E-state index in [4.69, 9.17) is 21.5 Å². The molecule has 208 valence electrons. The second kappa shape index (κ2) is 9.91. The highest BCUT2D eigenvalue weighted by atomic mass is 35.5. The third-order valence-corrected chi connectivity index (χ3v) is 8.83. The van der Waals surface area contributed by atoms with Crippen LogP contribution in [0.25, 0.3) is 44.9 Å². The Labute approximate surface area is 234 Å². The van der Waals surface area contributed by atoms with Crippen molar-refractivity contribution < 1.29 is 25.4 Å². The summed E-state index contributed by atoms with van der Waals surface area (Å²) in [5, 5.41) is -0.665. The van der Waals surface area contributed by atoms with Crippen molar-refractivity contribution in [2.24, 2.45) is 0 Å². The largest absolute Gasteiger partial charge is 0.380 e. The summed E-state index contributed by atoms with van der Waals surface area (Å²) in [6, 6.07) is 16.0. The Hall–Kier alpha value is -3.94. The quantitative estimate of drug-likeness (QED) is 0.245. The summed E-state index contributed by atoms with van der Waals surface area (Å²) in [4.78, 5) is 11.9. The molecule has 5 aromatic rings. The van der Waals surface area contributed by atoms with E-state index in [1.807, 2.05) is 6.07 Å². The van der Waals surface area contributed by atoms with Gasteiger partial charge >= 0.3 is 10.1 Å². The summed E-state index contributed by atoms with van der Waals surface area (Å²) in [5.41, 5.74) is 7.75. The van der Waals surface area contributed by atoms with Crippen LogP contribution in [0.2, 0.25) is 5.02 Å². The summed E-state index contributed by atoms with van der Waals surface area (Å²) < 4.78 is 71.7. The fourth-order valence-electron chi connectivity index (χ4n) is 4.19. The molecule has 0 bridgehead atoms. The number of hydrogen-bond donors (Lipinski definition) is 2. The highest BCUT2D eigenvalue weighted by Crippen LogP contribution is 2.39. The maximum absolute atomic E-state index is 14.9. The second-order valence-corrected chi connectivity index (χ2v) is 13.6. The number of aromatic amines is 1. The number of fused-ring (bicyclic) bond motifs is 1. The van der Waals surface area contributed by atoms with Crippen LogP contribution >= 0.6 is 11.6 Å². The monoisotopic (exact) mass is 603 g/mol. The Balaban J connectivity index is 1.86. The molecular formula is C26H23ClFN5O5S2. The number of hydrogen-bond acceptors (Lipinski definition) is 8. The Morgan fingerprint density at radius 1 is 1.00 bits per heavy atom. The average molecular weight is 604 g/mol. The topological polar surface area (TPSA) is 150 Å². The molecule has 3 aromatic carbocycles. The molecular weight excluding hydrogens is 581 g/mol. The first-order chi connectivity index (χ1) is 18.8. The van der Waals surface area contributed by atoms with Crippen molar-refractivity contribution in [3.05, 3.63) is 71.5 Å². The first-order valence-corrected chi connectivity index (χ1v) is 15.5. The van der Waals surface area contributed by atoms with Crippen LogP contribution in [-0.2, 0) is 20.1 Å². The van der Waals surface area contributed by atoms with Crippen molar-refractivity contribution in [2.45, 2.75) is 19.1 Å². The van der Waals surface area contributed by atoms with Gasteiger partial charge in [-0.3, -0.25) is 0 Å². The molecule has 0 atom stereocenters. The molecule has 0 aliphatic rings. The van der Waals surface area contributed by atoms with E-state index in [0.29, 0.717) is 11.3 Å². The van der Waals surface area contributed by atoms with Gasteiger partial charge in [-0.05, 0) is 44.2 Å². The summed E-state index contributed by atoms with van der Waals surface area (Å²) in [6.45, 7) is 2.96. The third kappa shape index (κ3) is 5.03. The lowest BCUT2D eigenvalue weighted by molar-refractivity contribution is 0.495. The van der Waals surface area contributed by atoms with Gasteiger partial charge in [-0.25, -0.2) is 26.7 Å². The first kappa shape index (κ1) is 27.6. The van der Waals surface area contributed by atoms with Gasteiger partial charge in [0.2, 0.25) is 16.0 Å². The second-order valence-electron chi connectivity index (χ2n) is 9.26. The minimum absolute atomic E-state index is 0.0106. The van der Waals surface area contributed by atoms with Crippen molar-refractivity contribution >= 4 is 48.7 Å². The van der Waals surface area contributed by atoms with E-state index in [1.54, 1.807) is 24.3 Å². The van der Waals surface area contributed by atoms with Gasteiger partial charge in [-0.1, -0.05) is 41.9 Å². The molecule has 40 heavy (non-hydrogen) atoms. The fourth-order valence-corrected chi connectivity index (χ4v) is 5.94. The Morgan fingerprint density at radius 3 is 2.33 bits per heavy atom. The van der Waals surface area contributed by atoms with E-state index in [0.717, 1.165) is 16.3 Å². The molecule has 0 amide bonds. The molecule has 0 fully saturated rings. The van der Waals surface area contributed by atoms with Crippen LogP contribution < -0.4 is 9.92 Å². The minimum atomic E-state index is -4.06. The van der Waals surface area contributed by atoms with Gasteiger partial charge in [-0.15, -0.1) is 0 Å². The first-order valence-electron chi connectivity index (χ1n) is 11.8. The van der Waals surface area contributed by atoms with Crippen LogP contribution in [0.1, 0.15) is 13.8 Å². The van der Waals surface area contributed by atoms with E-state index in [9.17, 15) is 21.2 Å². The molecule has 0 saturated heterocycles. The van der Waals surface area contributed by atoms with Crippen molar-refractivity contribution in [2.75, 3.05) is 12.0 Å². The summed E-state index contributed by atoms with van der Waals surface area (Å²) in [7, 11) is -8.09. The predicted molar refractivity (Wildman–Crippen MR) is 152 cm³/mol. The predicted octanol–water partition coefficient (Wildman–Crippen LogP) is 5.06. The third-order valence-electron chi connectivity index (χ3n) is 6.03. The van der Waals surface area contributed by atoms with Crippen LogP contribution in [0, 0.1) is 5.82 Å². The molecule has 0 aliphatic carbocycles. The van der Waals surface area contributed by atoms with Gasteiger partial charge in [0.05, 0.1) is 34.0 Å². The average Bonchev–Trinajstić information content (AvgIpc) is 3.45. The molecule has 0 radical (unpaired) electrons. The van der Waals surface area contributed by atoms with Crippen LogP contribution in [-0.4, -0.2) is 47.3 Å². The van der Waals surface area contributed by atoms with Crippen LogP contribution in [0.4, 0.5) is 10.3 Å². The highest BCUT2D eigenvalue weighted by Gasteiger charge is 2.28. The molecule has 10 nitrogen and oxygen atoms in total. The molecule has 0 unspecified atom stereocenters. The summed E-state index contributed by atoms with van der Waals surface area (Å²) in [5.74, 6) is -1.07. The van der Waals surface area contributed by atoms with Crippen molar-refractivity contribution in [1.82, 2.24) is 18.9 Å². The zero-order valence-corrected chi connectivity index (χ0v) is 23.8. The lowest BCUT2D eigenvalue weighted by atomic mass is 10.0. The zero-order valence-electron chi connectivity index (χ0n) is 21.4. The maximum atomic E-state index is 14.9. The number of rotatable bonds is 7. The van der Waals surface area contributed by atoms with Gasteiger partial charge < -0.3 is 14.9 Å². The number of nitrogens with zero attached hydrogens (tertiary/aromatic N) is 3. The van der Waals surface area contributed by atoms with Gasteiger partial charge in [0, 0.05) is 16.1 Å². The number of H-pyrrole nitrogens is 1. The van der Waals surface area contributed by atoms with Crippen LogP contribution in [0.3, 0.4) is 0 Å². The number of imidazole rings is 2. The molecule has 2 heterocycles. The van der Waals surface area contributed by atoms with Crippen LogP contribution in [0.15, 0.2) is 60.7 Å². The Morgan fingerprint density at radius 2 is 1.70 bits per heavy atom. The number of aromatic nitrogens is 4. The highest BCUT2D eigenvalue weighted by molar-refractivity contribution is 7.90. The van der Waals surface area contributed by atoms with Crippen molar-refractivity contribution in [3.8, 4) is 39.7 Å². The normalized spacial score (nSPS) is 12.3. The minimum Gasteiger partial charge on any atom is -0.380 e. The van der Waals surface area contributed by atoms with E-state index < -0.39 is 31.2 Å². The molecule has 2 aromatic heterocycles. The standard InChI is InChI=1S/C26H23ClFN5O5S2/c1-14(2)40(36,37)33-20-11-16(12-21(38-39(3,34)35)24(20)32-26(33)29)23-22(15-7-5-4-6-8-15)30-25(31-23)18-10-9-17(27)13-19(18)28/h4-14H,1-3H3,(H2,29,32)(H,30,31). The summed E-state index contributed by atoms with van der Waals surface area (Å²) >= 11 is 5.93. The molecule has 14 heteroatoms. The SMILES string of the molecule is CC(C)S(=O)(=O)n1c(N)nc2c(OS(C)(=O)=O)cc(-c3nc(-c4ccc(Cl)cc4F)[nH]c3-c3ccccc3)cc21. The number of anilines is 1. The van der Waals surface area contributed by atoms with Crippen LogP contribution in [0.5, 0.6) is 5.75 Å². The fraction of sp³-hybridized carbons (Fsp3) is 0.154. The smallest absolute Gasteiger partial charge is 0.306 e. The molecule has 3 N–H and O–H groups in total. The molecule has 0 aliphatic heterocycles. The molecule has 0 spiro atoms. The van der Waals surface area contributed by atoms with E-state index in [2.05, 4.69) is 15.0 Å². The Bertz CT molecular complexity index is 1990. The number of benzene rings is 3. The number of nitrogen functional groups attached to an aromatic ring is 1. The number of nitrogens with one attached hydrogen (secondary N) is 1. The number of nitrogens with two attached hydrogens (primary N) is 1. The molecule has 5 rings (SSSR count). The Kier molecular flexibility index (Phi) is 6.84. The van der Waals surface area contributed by atoms with Gasteiger partial charge in [-0.2, -0.15) is 8.42 Å². The van der Waals surface area contributed by atoms with Gasteiger partial charge in [0.1, 0.15) is 17.2 Å². The summed E-state index contributed by atoms with van der Waals surface area (Å²) in [6.07, 6.45) is 0.849. The lowest BCUT2D eigenvalue weighted by Gasteiger charge is -2.12. The lowest BCUT2D eigenvalue weighted by Crippen LogP contribution is -2.23. The van der Waals surface area contributed by atoms with E-state index >= 15 is 0 Å². The van der Waals surface area contributed by atoms with E-state index in [-0.39, 0.29) is 50.4 Å². The van der Waals surface area contributed by atoms with Crippen molar-refractivity contribution in [1.29, 1.82) is 0 Å². The van der Waals surface area contributed by atoms with Crippen molar-refractivity contribution in [3.63, 3.8) is 0 Å².